The summed E-state index contributed by atoms with van der Waals surface area (Å²) < 4.78 is 5.01. The second-order valence-electron chi connectivity index (χ2n) is 9.14. The van der Waals surface area contributed by atoms with E-state index in [1.165, 1.54) is 17.5 Å². The van der Waals surface area contributed by atoms with Crippen molar-refractivity contribution in [2.45, 2.75) is 50.0 Å². The van der Waals surface area contributed by atoms with Crippen molar-refractivity contribution in [1.82, 2.24) is 10.2 Å². The van der Waals surface area contributed by atoms with E-state index in [2.05, 4.69) is 48.3 Å². The van der Waals surface area contributed by atoms with E-state index in [4.69, 9.17) is 4.74 Å². The smallest absolute Gasteiger partial charge is 0.407 e. The third-order valence-corrected chi connectivity index (χ3v) is 7.08. The monoisotopic (exact) mass is 354 g/mol. The number of piperidine rings is 1. The highest BCUT2D eigenvalue weighted by Crippen LogP contribution is 2.59. The Morgan fingerprint density at radius 2 is 1.96 bits per heavy atom. The highest BCUT2D eigenvalue weighted by molar-refractivity contribution is 5.82. The number of rotatable bonds is 3. The van der Waals surface area contributed by atoms with Crippen LogP contribution in [0.4, 0.5) is 4.79 Å². The summed E-state index contributed by atoms with van der Waals surface area (Å²) >= 11 is 0. The third kappa shape index (κ3) is 2.29. The van der Waals surface area contributed by atoms with E-state index in [-0.39, 0.29) is 28.9 Å². The van der Waals surface area contributed by atoms with Gasteiger partial charge in [-0.25, -0.2) is 4.79 Å². The Kier molecular flexibility index (Phi) is 3.26. The van der Waals surface area contributed by atoms with Crippen molar-refractivity contribution in [2.75, 3.05) is 19.7 Å². The number of nitrogens with one attached hydrogen (secondary N) is 1. The Labute approximate surface area is 154 Å². The topological polar surface area (TPSA) is 58.6 Å². The number of hydrogen-bond donors (Lipinski definition) is 1. The molecule has 1 N–H and O–H groups in total. The van der Waals surface area contributed by atoms with Crippen LogP contribution in [-0.4, -0.2) is 42.1 Å². The maximum absolute atomic E-state index is 12.9. The van der Waals surface area contributed by atoms with E-state index >= 15 is 0 Å². The van der Waals surface area contributed by atoms with Gasteiger partial charge in [0.25, 0.3) is 0 Å². The van der Waals surface area contributed by atoms with Gasteiger partial charge in [-0.3, -0.25) is 4.79 Å². The van der Waals surface area contributed by atoms with Crippen LogP contribution in [0, 0.1) is 11.8 Å². The van der Waals surface area contributed by atoms with Crippen LogP contribution in [0.5, 0.6) is 0 Å². The predicted molar refractivity (Wildman–Crippen MR) is 96.8 cm³/mol. The molecule has 0 radical (unpaired) electrons. The van der Waals surface area contributed by atoms with Gasteiger partial charge < -0.3 is 15.0 Å². The van der Waals surface area contributed by atoms with Crippen LogP contribution in [0.15, 0.2) is 24.3 Å². The van der Waals surface area contributed by atoms with Crippen LogP contribution in [0.25, 0.3) is 0 Å². The molecular formula is C21H26N2O3. The van der Waals surface area contributed by atoms with E-state index in [0.29, 0.717) is 18.4 Å². The van der Waals surface area contributed by atoms with E-state index in [0.717, 1.165) is 25.9 Å². The third-order valence-electron chi connectivity index (χ3n) is 7.08. The van der Waals surface area contributed by atoms with E-state index < -0.39 is 0 Å². The van der Waals surface area contributed by atoms with Crippen molar-refractivity contribution in [1.29, 1.82) is 0 Å². The Bertz CT molecular complexity index is 766. The molecule has 4 aliphatic rings. The normalized spacial score (nSPS) is 37.3. The summed E-state index contributed by atoms with van der Waals surface area (Å²) in [6.45, 7) is 6.57. The van der Waals surface area contributed by atoms with Gasteiger partial charge in [-0.15, -0.1) is 0 Å². The first-order valence-electron chi connectivity index (χ1n) is 9.75. The van der Waals surface area contributed by atoms with Crippen LogP contribution in [0.2, 0.25) is 0 Å². The number of nitrogens with zero attached hydrogens (tertiary/aromatic N) is 1. The number of benzene rings is 1. The molecule has 1 spiro atoms. The molecular weight excluding hydrogens is 328 g/mol. The SMILES string of the molecule is CC(C)c1ccc([C@]23C[C@H]2CN(C(=O)C2CC4(COC(=O)N4)C2)C3)cc1. The molecule has 2 heterocycles. The number of amides is 2. The number of cyclic esters (lactones) is 1. The van der Waals surface area contributed by atoms with E-state index in [1.807, 2.05) is 0 Å². The average Bonchev–Trinajstić information content (AvgIpc) is 2.96. The number of fused-ring (bicyclic) bond motifs is 1. The molecule has 2 aliphatic heterocycles. The molecule has 2 saturated carbocycles. The van der Waals surface area contributed by atoms with Crippen molar-refractivity contribution in [3.63, 3.8) is 0 Å². The molecule has 2 atom stereocenters. The zero-order valence-electron chi connectivity index (χ0n) is 15.5. The molecule has 2 aliphatic carbocycles. The lowest BCUT2D eigenvalue weighted by molar-refractivity contribution is -0.140. The second-order valence-corrected chi connectivity index (χ2v) is 9.14. The second kappa shape index (κ2) is 5.24. The minimum Gasteiger partial charge on any atom is -0.447 e. The fourth-order valence-corrected chi connectivity index (χ4v) is 5.33. The van der Waals surface area contributed by atoms with Gasteiger partial charge in [0.2, 0.25) is 5.91 Å². The molecule has 0 bridgehead atoms. The lowest BCUT2D eigenvalue weighted by Crippen LogP contribution is -2.58. The Hall–Kier alpha value is -2.04. The number of carbonyl (C=O) groups is 2. The number of ether oxygens (including phenoxy) is 1. The Morgan fingerprint density at radius 1 is 1.23 bits per heavy atom. The first-order chi connectivity index (χ1) is 12.4. The van der Waals surface area contributed by atoms with Gasteiger partial charge in [-0.1, -0.05) is 38.1 Å². The summed E-state index contributed by atoms with van der Waals surface area (Å²) in [6.07, 6.45) is 2.29. The van der Waals surface area contributed by atoms with Gasteiger partial charge in [-0.05, 0) is 42.2 Å². The number of hydrogen-bond acceptors (Lipinski definition) is 3. The largest absolute Gasteiger partial charge is 0.447 e. The minimum absolute atomic E-state index is 0.0369. The van der Waals surface area contributed by atoms with Gasteiger partial charge >= 0.3 is 6.09 Å². The van der Waals surface area contributed by atoms with Gasteiger partial charge in [0.15, 0.2) is 0 Å². The fourth-order valence-electron chi connectivity index (χ4n) is 5.33. The zero-order chi connectivity index (χ0) is 18.1. The Morgan fingerprint density at radius 3 is 2.58 bits per heavy atom. The highest BCUT2D eigenvalue weighted by Gasteiger charge is 2.63. The molecule has 0 unspecified atom stereocenters. The van der Waals surface area contributed by atoms with E-state index in [1.54, 1.807) is 0 Å². The van der Waals surface area contributed by atoms with Crippen molar-refractivity contribution in [3.8, 4) is 0 Å². The summed E-state index contributed by atoms with van der Waals surface area (Å²) in [6, 6.07) is 9.03. The standard InChI is InChI=1S/C21H26N2O3/c1-13(2)14-3-5-16(6-4-14)21-9-17(21)10-23(11-21)18(24)15-7-20(8-15)12-26-19(25)22-20/h3-6,13,15,17H,7-12H2,1-2H3,(H,22,25)/t15?,17-,20?,21+/m0/s1. The van der Waals surface area contributed by atoms with Crippen LogP contribution in [0.1, 0.15) is 50.2 Å². The number of likely N-dealkylation sites (tertiary alicyclic amines) is 1. The summed E-state index contributed by atoms with van der Waals surface area (Å²) in [4.78, 5) is 26.2. The maximum Gasteiger partial charge on any atom is 0.407 e. The summed E-state index contributed by atoms with van der Waals surface area (Å²) in [5.74, 6) is 1.46. The van der Waals surface area contributed by atoms with Crippen molar-refractivity contribution < 1.29 is 14.3 Å². The first-order valence-corrected chi connectivity index (χ1v) is 9.75. The molecule has 4 fully saturated rings. The van der Waals surface area contributed by atoms with E-state index in [9.17, 15) is 9.59 Å². The lowest BCUT2D eigenvalue weighted by Gasteiger charge is -2.43. The molecule has 1 aromatic carbocycles. The molecule has 2 amide bonds. The summed E-state index contributed by atoms with van der Waals surface area (Å²) in [7, 11) is 0. The molecule has 138 valence electrons. The molecule has 5 heteroatoms. The first kappa shape index (κ1) is 16.2. The molecule has 5 nitrogen and oxygen atoms in total. The zero-order valence-corrected chi connectivity index (χ0v) is 15.5. The quantitative estimate of drug-likeness (QED) is 0.908. The molecule has 5 rings (SSSR count). The Balaban J connectivity index is 1.24. The number of alkyl carbamates (subject to hydrolysis) is 1. The summed E-state index contributed by atoms with van der Waals surface area (Å²) in [5.41, 5.74) is 2.68. The highest BCUT2D eigenvalue weighted by atomic mass is 16.6. The number of carbonyl (C=O) groups excluding carboxylic acids is 2. The van der Waals surface area contributed by atoms with Crippen molar-refractivity contribution in [2.24, 2.45) is 11.8 Å². The predicted octanol–water partition coefficient (Wildman–Crippen LogP) is 2.80. The fraction of sp³-hybridized carbons (Fsp3) is 0.619. The molecule has 2 saturated heterocycles. The van der Waals surface area contributed by atoms with Crippen LogP contribution in [-0.2, 0) is 14.9 Å². The van der Waals surface area contributed by atoms with Crippen molar-refractivity contribution in [3.05, 3.63) is 35.4 Å². The van der Waals surface area contributed by atoms with Crippen LogP contribution >= 0.6 is 0 Å². The van der Waals surface area contributed by atoms with Gasteiger partial charge in [-0.2, -0.15) is 0 Å². The van der Waals surface area contributed by atoms with Gasteiger partial charge in [0.1, 0.15) is 6.61 Å². The molecule has 0 aromatic heterocycles. The minimum atomic E-state index is -0.345. The average molecular weight is 354 g/mol. The summed E-state index contributed by atoms with van der Waals surface area (Å²) in [5, 5.41) is 2.88. The van der Waals surface area contributed by atoms with Gasteiger partial charge in [0, 0.05) is 24.4 Å². The maximum atomic E-state index is 12.9. The van der Waals surface area contributed by atoms with Crippen LogP contribution < -0.4 is 5.32 Å². The lowest BCUT2D eigenvalue weighted by atomic mass is 9.68. The molecule has 1 aromatic rings. The van der Waals surface area contributed by atoms with Crippen LogP contribution in [0.3, 0.4) is 0 Å². The molecule has 26 heavy (non-hydrogen) atoms. The van der Waals surface area contributed by atoms with Gasteiger partial charge in [0.05, 0.1) is 5.54 Å². The van der Waals surface area contributed by atoms with Crippen molar-refractivity contribution >= 4 is 12.0 Å².